The number of aromatic nitrogens is 4. The molecule has 1 atom stereocenters. The van der Waals surface area contributed by atoms with Crippen LogP contribution in [0.5, 0.6) is 0 Å². The normalized spacial score (nSPS) is 18.6. The number of anilines is 2. The second-order valence-electron chi connectivity index (χ2n) is 10.3. The molecule has 0 amide bonds. The highest BCUT2D eigenvalue weighted by Crippen LogP contribution is 2.33. The number of fused-ring (bicyclic) bond motifs is 1. The van der Waals surface area contributed by atoms with Gasteiger partial charge in [-0.15, -0.1) is 0 Å². The highest BCUT2D eigenvalue weighted by molar-refractivity contribution is 5.77. The Morgan fingerprint density at radius 3 is 2.57 bits per heavy atom. The van der Waals surface area contributed by atoms with Gasteiger partial charge in [0.05, 0.1) is 0 Å². The van der Waals surface area contributed by atoms with Crippen molar-refractivity contribution < 1.29 is 0 Å². The van der Waals surface area contributed by atoms with Gasteiger partial charge in [-0.05, 0) is 69.0 Å². The smallest absolute Gasteiger partial charge is 0.256 e. The van der Waals surface area contributed by atoms with Crippen LogP contribution < -0.4 is 15.8 Å². The molecular weight excluding hydrogens is 460 g/mol. The van der Waals surface area contributed by atoms with E-state index in [1.54, 1.807) is 0 Å². The molecular formula is C30H34N6O. The highest BCUT2D eigenvalue weighted by atomic mass is 16.1. The molecule has 7 heteroatoms. The van der Waals surface area contributed by atoms with Gasteiger partial charge in [0.15, 0.2) is 0 Å². The summed E-state index contributed by atoms with van der Waals surface area (Å²) in [4.78, 5) is 30.8. The zero-order chi connectivity index (χ0) is 25.0. The van der Waals surface area contributed by atoms with Crippen molar-refractivity contribution in [3.63, 3.8) is 0 Å². The molecule has 4 aromatic rings. The minimum atomic E-state index is 0.0796. The molecule has 190 valence electrons. The first-order valence-corrected chi connectivity index (χ1v) is 13.6. The predicted octanol–water partition coefficient (Wildman–Crippen LogP) is 5.17. The first-order chi connectivity index (χ1) is 18.3. The Labute approximate surface area is 217 Å². The third-order valence-corrected chi connectivity index (χ3v) is 7.78. The van der Waals surface area contributed by atoms with E-state index in [9.17, 15) is 4.79 Å². The van der Waals surface area contributed by atoms with Crippen LogP contribution in [-0.4, -0.2) is 38.7 Å². The first-order valence-electron chi connectivity index (χ1n) is 13.6. The molecule has 7 nitrogen and oxygen atoms in total. The van der Waals surface area contributed by atoms with Gasteiger partial charge >= 0.3 is 0 Å². The fourth-order valence-corrected chi connectivity index (χ4v) is 5.94. The molecule has 1 saturated heterocycles. The summed E-state index contributed by atoms with van der Waals surface area (Å²) in [5.41, 5.74) is 2.76. The fraction of sp³-hybridized carbons (Fsp3) is 0.400. The SMILES string of the molecule is O=c1c(Cc2ccccc2)cc2cnc(N(c3ccccn3)C3CCCNCC3)nc2n1C1CCCC1. The number of nitrogens with zero attached hydrogens (tertiary/aromatic N) is 5. The lowest BCUT2D eigenvalue weighted by Crippen LogP contribution is -2.34. The van der Waals surface area contributed by atoms with Crippen LogP contribution in [0.25, 0.3) is 11.0 Å². The molecule has 0 radical (unpaired) electrons. The van der Waals surface area contributed by atoms with E-state index in [1.165, 1.54) is 0 Å². The molecule has 1 unspecified atom stereocenters. The maximum absolute atomic E-state index is 13.9. The number of benzene rings is 1. The molecule has 37 heavy (non-hydrogen) atoms. The Balaban J connectivity index is 1.49. The maximum atomic E-state index is 13.9. The lowest BCUT2D eigenvalue weighted by atomic mass is 10.0. The van der Waals surface area contributed by atoms with E-state index in [0.717, 1.165) is 86.0 Å². The van der Waals surface area contributed by atoms with Crippen LogP contribution in [0.2, 0.25) is 0 Å². The van der Waals surface area contributed by atoms with Crippen molar-refractivity contribution in [2.45, 2.75) is 63.5 Å². The van der Waals surface area contributed by atoms with Crippen LogP contribution in [0.3, 0.4) is 0 Å². The zero-order valence-electron chi connectivity index (χ0n) is 21.2. The van der Waals surface area contributed by atoms with E-state index >= 15 is 0 Å². The Bertz CT molecular complexity index is 1390. The lowest BCUT2D eigenvalue weighted by molar-refractivity contribution is 0.512. The van der Waals surface area contributed by atoms with E-state index < -0.39 is 0 Å². The third kappa shape index (κ3) is 5.01. The summed E-state index contributed by atoms with van der Waals surface area (Å²) < 4.78 is 1.98. The van der Waals surface area contributed by atoms with Crippen molar-refractivity contribution >= 4 is 22.8 Å². The predicted molar refractivity (Wildman–Crippen MR) is 147 cm³/mol. The largest absolute Gasteiger partial charge is 0.317 e. The fourth-order valence-electron chi connectivity index (χ4n) is 5.94. The van der Waals surface area contributed by atoms with Gasteiger partial charge in [-0.3, -0.25) is 14.3 Å². The summed E-state index contributed by atoms with van der Waals surface area (Å²) in [7, 11) is 0. The number of rotatable bonds is 6. The molecule has 1 aliphatic carbocycles. The van der Waals surface area contributed by atoms with Crippen molar-refractivity contribution in [1.82, 2.24) is 24.8 Å². The summed E-state index contributed by atoms with van der Waals surface area (Å²) in [6.45, 7) is 1.98. The molecule has 1 aliphatic heterocycles. The molecule has 1 aromatic carbocycles. The summed E-state index contributed by atoms with van der Waals surface area (Å²) in [5, 5.41) is 4.43. The van der Waals surface area contributed by atoms with Crippen molar-refractivity contribution in [3.05, 3.63) is 88.5 Å². The lowest BCUT2D eigenvalue weighted by Gasteiger charge is -2.30. The topological polar surface area (TPSA) is 75.9 Å². The van der Waals surface area contributed by atoms with Gasteiger partial charge in [0.2, 0.25) is 5.95 Å². The Morgan fingerprint density at radius 2 is 1.76 bits per heavy atom. The van der Waals surface area contributed by atoms with E-state index in [0.29, 0.717) is 12.4 Å². The summed E-state index contributed by atoms with van der Waals surface area (Å²) in [6.07, 6.45) is 11.8. The molecule has 2 fully saturated rings. The third-order valence-electron chi connectivity index (χ3n) is 7.78. The standard InChI is InChI=1S/C30H34N6O/c37-29-23(19-22-9-2-1-3-10-22)20-24-21-33-30(34-28(24)36(29)25-11-4-5-12-25)35(27-14-6-7-17-32-27)26-13-8-16-31-18-15-26/h1-3,6-7,9-10,14,17,20-21,25-26,31H,4-5,8,11-13,15-16,18-19H2. The number of pyridine rings is 2. The first kappa shape index (κ1) is 23.8. The number of hydrogen-bond donors (Lipinski definition) is 1. The minimum Gasteiger partial charge on any atom is -0.317 e. The molecule has 2 aliphatic rings. The van der Waals surface area contributed by atoms with Gasteiger partial charge < -0.3 is 5.32 Å². The van der Waals surface area contributed by atoms with Crippen LogP contribution in [0.15, 0.2) is 71.8 Å². The van der Waals surface area contributed by atoms with Gasteiger partial charge in [0, 0.05) is 41.8 Å². The summed E-state index contributed by atoms with van der Waals surface area (Å²) >= 11 is 0. The van der Waals surface area contributed by atoms with Gasteiger partial charge in [-0.2, -0.15) is 4.98 Å². The second kappa shape index (κ2) is 10.8. The molecule has 0 bridgehead atoms. The van der Waals surface area contributed by atoms with Crippen molar-refractivity contribution in [2.24, 2.45) is 0 Å². The van der Waals surface area contributed by atoms with E-state index in [4.69, 9.17) is 9.97 Å². The van der Waals surface area contributed by atoms with Crippen molar-refractivity contribution in [2.75, 3.05) is 18.0 Å². The van der Waals surface area contributed by atoms with Crippen LogP contribution in [-0.2, 0) is 6.42 Å². The molecule has 1 saturated carbocycles. The quantitative estimate of drug-likeness (QED) is 0.398. The van der Waals surface area contributed by atoms with Crippen LogP contribution >= 0.6 is 0 Å². The second-order valence-corrected chi connectivity index (χ2v) is 10.3. The van der Waals surface area contributed by atoms with E-state index in [-0.39, 0.29) is 17.6 Å². The van der Waals surface area contributed by atoms with E-state index in [2.05, 4.69) is 27.3 Å². The Kier molecular flexibility index (Phi) is 6.95. The Morgan fingerprint density at radius 1 is 0.919 bits per heavy atom. The van der Waals surface area contributed by atoms with Crippen LogP contribution in [0.1, 0.15) is 62.1 Å². The molecule has 4 heterocycles. The monoisotopic (exact) mass is 494 g/mol. The highest BCUT2D eigenvalue weighted by Gasteiger charge is 2.27. The molecule has 3 aromatic heterocycles. The maximum Gasteiger partial charge on any atom is 0.256 e. The van der Waals surface area contributed by atoms with Gasteiger partial charge in [0.1, 0.15) is 11.5 Å². The zero-order valence-corrected chi connectivity index (χ0v) is 21.2. The average Bonchev–Trinajstić information content (AvgIpc) is 3.33. The van der Waals surface area contributed by atoms with Crippen LogP contribution in [0.4, 0.5) is 11.8 Å². The molecule has 1 N–H and O–H groups in total. The average molecular weight is 495 g/mol. The minimum absolute atomic E-state index is 0.0796. The van der Waals surface area contributed by atoms with Crippen LogP contribution in [0, 0.1) is 0 Å². The van der Waals surface area contributed by atoms with Gasteiger partial charge in [-0.25, -0.2) is 9.97 Å². The van der Waals surface area contributed by atoms with Gasteiger partial charge in [-0.1, -0.05) is 49.2 Å². The molecule has 6 rings (SSSR count). The van der Waals surface area contributed by atoms with Crippen molar-refractivity contribution in [3.8, 4) is 0 Å². The number of nitrogens with one attached hydrogen (secondary N) is 1. The summed E-state index contributed by atoms with van der Waals surface area (Å²) in [5.74, 6) is 1.48. The Hall–Kier alpha value is -3.58. The van der Waals surface area contributed by atoms with E-state index in [1.807, 2.05) is 59.4 Å². The number of hydrogen-bond acceptors (Lipinski definition) is 6. The van der Waals surface area contributed by atoms with Gasteiger partial charge in [0.25, 0.3) is 5.56 Å². The summed E-state index contributed by atoms with van der Waals surface area (Å²) in [6, 6.07) is 18.6. The molecule has 0 spiro atoms. The van der Waals surface area contributed by atoms with Crippen molar-refractivity contribution in [1.29, 1.82) is 0 Å².